The lowest BCUT2D eigenvalue weighted by Crippen LogP contribution is -2.66. The molecule has 2 fully saturated rings. The lowest BCUT2D eigenvalue weighted by atomic mass is 9.51. The molecule has 0 spiro atoms. The molecule has 1 heterocycles. The summed E-state index contributed by atoms with van der Waals surface area (Å²) in [7, 11) is 1.68. The Morgan fingerprint density at radius 2 is 1.97 bits per heavy atom. The number of benzene rings is 2. The number of aliphatic carboxylic acids is 1. The summed E-state index contributed by atoms with van der Waals surface area (Å²) in [6.45, 7) is 2.71. The van der Waals surface area contributed by atoms with Crippen LogP contribution in [0.4, 0.5) is 0 Å². The summed E-state index contributed by atoms with van der Waals surface area (Å²) < 4.78 is 5.49. The molecule has 5 heteroatoms. The molecule has 31 heavy (non-hydrogen) atoms. The number of nitrogens with zero attached hydrogens (tertiary/aromatic N) is 1. The Morgan fingerprint density at radius 3 is 2.68 bits per heavy atom. The lowest BCUT2D eigenvalue weighted by Gasteiger charge is -2.62. The Balaban J connectivity index is 1.70. The Bertz CT molecular complexity index is 1020. The maximum absolute atomic E-state index is 13.7. The van der Waals surface area contributed by atoms with Gasteiger partial charge in [0.15, 0.2) is 0 Å². The third-order valence-electron chi connectivity index (χ3n) is 7.83. The second-order valence-corrected chi connectivity index (χ2v) is 9.60. The summed E-state index contributed by atoms with van der Waals surface area (Å²) in [6.07, 6.45) is 3.30. The van der Waals surface area contributed by atoms with Gasteiger partial charge in [-0.1, -0.05) is 43.3 Å². The van der Waals surface area contributed by atoms with Crippen molar-refractivity contribution >= 4 is 11.9 Å². The number of hydrogen-bond acceptors (Lipinski definition) is 3. The number of amides is 1. The van der Waals surface area contributed by atoms with E-state index in [1.165, 1.54) is 11.1 Å². The van der Waals surface area contributed by atoms with Crippen LogP contribution in [0.3, 0.4) is 0 Å². The number of rotatable bonds is 4. The summed E-state index contributed by atoms with van der Waals surface area (Å²) in [6, 6.07) is 16.2. The van der Waals surface area contributed by atoms with E-state index in [9.17, 15) is 14.7 Å². The second-order valence-electron chi connectivity index (χ2n) is 9.60. The number of likely N-dealkylation sites (tertiary alicyclic amines) is 1. The zero-order chi connectivity index (χ0) is 21.8. The van der Waals surface area contributed by atoms with Crippen LogP contribution in [0.1, 0.15) is 42.9 Å². The van der Waals surface area contributed by atoms with E-state index >= 15 is 0 Å². The zero-order valence-electron chi connectivity index (χ0n) is 18.1. The van der Waals surface area contributed by atoms with Gasteiger partial charge in [-0.25, -0.2) is 0 Å². The predicted octanol–water partition coefficient (Wildman–Crippen LogP) is 4.24. The number of hydrogen-bond donors (Lipinski definition) is 1. The minimum Gasteiger partial charge on any atom is -0.497 e. The van der Waals surface area contributed by atoms with Gasteiger partial charge in [-0.2, -0.15) is 0 Å². The lowest BCUT2D eigenvalue weighted by molar-refractivity contribution is -0.176. The topological polar surface area (TPSA) is 66.8 Å². The predicted molar refractivity (Wildman–Crippen MR) is 116 cm³/mol. The minimum absolute atomic E-state index is 0.159. The summed E-state index contributed by atoms with van der Waals surface area (Å²) >= 11 is 0. The molecule has 0 radical (unpaired) electrons. The van der Waals surface area contributed by atoms with Crippen LogP contribution in [0.5, 0.6) is 5.75 Å². The van der Waals surface area contributed by atoms with Gasteiger partial charge in [-0.3, -0.25) is 9.59 Å². The number of fused-ring (bicyclic) bond motifs is 1. The molecule has 1 N–H and O–H groups in total. The van der Waals surface area contributed by atoms with Gasteiger partial charge in [0.25, 0.3) is 0 Å². The van der Waals surface area contributed by atoms with Crippen molar-refractivity contribution < 1.29 is 19.4 Å². The number of piperidine rings is 1. The highest BCUT2D eigenvalue weighted by Crippen LogP contribution is 2.60. The molecular weight excluding hydrogens is 390 g/mol. The number of methoxy groups -OCH3 is 1. The molecule has 5 nitrogen and oxygen atoms in total. The monoisotopic (exact) mass is 419 g/mol. The molecule has 1 saturated heterocycles. The fourth-order valence-electron chi connectivity index (χ4n) is 6.72. The van der Waals surface area contributed by atoms with Gasteiger partial charge in [-0.15, -0.1) is 0 Å². The molecule has 1 saturated carbocycles. The highest BCUT2D eigenvalue weighted by Gasteiger charge is 2.61. The Labute approximate surface area is 183 Å². The van der Waals surface area contributed by atoms with Crippen LogP contribution in [0.25, 0.3) is 0 Å². The van der Waals surface area contributed by atoms with Crippen molar-refractivity contribution in [2.75, 3.05) is 7.11 Å². The molecule has 2 aromatic carbocycles. The van der Waals surface area contributed by atoms with Crippen LogP contribution in [0, 0.1) is 23.7 Å². The first kappa shape index (κ1) is 20.1. The van der Waals surface area contributed by atoms with Crippen LogP contribution in [-0.2, 0) is 28.1 Å². The van der Waals surface area contributed by atoms with Crippen molar-refractivity contribution in [3.05, 3.63) is 65.2 Å². The zero-order valence-corrected chi connectivity index (χ0v) is 18.1. The van der Waals surface area contributed by atoms with Gasteiger partial charge in [-0.05, 0) is 72.3 Å². The Morgan fingerprint density at radius 1 is 1.19 bits per heavy atom. The van der Waals surface area contributed by atoms with Gasteiger partial charge < -0.3 is 14.7 Å². The van der Waals surface area contributed by atoms with Gasteiger partial charge in [0.2, 0.25) is 5.91 Å². The van der Waals surface area contributed by atoms with E-state index < -0.39 is 17.4 Å². The standard InChI is InChI=1S/C26H29NO4/c1-16-10-18-11-19-12-20(31-2)8-9-22(19)26(14-16)23(18)13-21(25(29)30)24(28)27(26)15-17-6-4-3-5-7-17/h3-9,12,16,18,21,23H,10-11,13-15H2,1-2H3,(H,29,30)/t16-,18-,21?,23-,26-/m1/s1. The van der Waals surface area contributed by atoms with E-state index in [1.807, 2.05) is 41.3 Å². The molecule has 5 atom stereocenters. The first-order valence-corrected chi connectivity index (χ1v) is 11.2. The Kier molecular flexibility index (Phi) is 4.80. The maximum Gasteiger partial charge on any atom is 0.316 e. The highest BCUT2D eigenvalue weighted by molar-refractivity contribution is 5.98. The normalized spacial score (nSPS) is 31.5. The van der Waals surface area contributed by atoms with Crippen molar-refractivity contribution in [2.45, 2.75) is 44.7 Å². The molecule has 1 amide bonds. The third kappa shape index (κ3) is 3.05. The molecule has 2 aromatic rings. The summed E-state index contributed by atoms with van der Waals surface area (Å²) in [5.74, 6) is -0.362. The molecule has 1 unspecified atom stereocenters. The quantitative estimate of drug-likeness (QED) is 0.753. The largest absolute Gasteiger partial charge is 0.497 e. The van der Waals surface area contributed by atoms with Crippen molar-refractivity contribution in [1.82, 2.24) is 4.90 Å². The number of carbonyl (C=O) groups excluding carboxylic acids is 1. The first-order valence-electron chi connectivity index (χ1n) is 11.2. The minimum atomic E-state index is -0.996. The van der Waals surface area contributed by atoms with Crippen molar-refractivity contribution in [2.24, 2.45) is 23.7 Å². The van der Waals surface area contributed by atoms with E-state index in [1.54, 1.807) is 7.11 Å². The van der Waals surface area contributed by atoms with E-state index in [0.717, 1.165) is 30.6 Å². The highest BCUT2D eigenvalue weighted by atomic mass is 16.5. The average molecular weight is 420 g/mol. The SMILES string of the molecule is COc1ccc2c(c1)C[C@H]1C[C@@H](C)C[C@]23[C@@H]1CC(C(=O)O)C(=O)N3Cc1ccccc1. The third-order valence-corrected chi connectivity index (χ3v) is 7.83. The number of carbonyl (C=O) groups is 2. The van der Waals surface area contributed by atoms with Crippen molar-refractivity contribution in [3.63, 3.8) is 0 Å². The fourth-order valence-corrected chi connectivity index (χ4v) is 6.72. The molecule has 162 valence electrons. The molecule has 1 aliphatic heterocycles. The van der Waals surface area contributed by atoms with Gasteiger partial charge >= 0.3 is 5.97 Å². The van der Waals surface area contributed by atoms with E-state index in [-0.39, 0.29) is 11.8 Å². The van der Waals surface area contributed by atoms with Crippen LogP contribution < -0.4 is 4.74 Å². The van der Waals surface area contributed by atoms with Crippen LogP contribution >= 0.6 is 0 Å². The first-order chi connectivity index (χ1) is 14.9. The number of carboxylic acids is 1. The summed E-state index contributed by atoms with van der Waals surface area (Å²) in [5, 5.41) is 9.90. The van der Waals surface area contributed by atoms with Crippen LogP contribution in [0.2, 0.25) is 0 Å². The van der Waals surface area contributed by atoms with Gasteiger partial charge in [0.1, 0.15) is 11.7 Å². The molecule has 3 aliphatic rings. The van der Waals surface area contributed by atoms with E-state index in [2.05, 4.69) is 19.1 Å². The van der Waals surface area contributed by atoms with Crippen LogP contribution in [-0.4, -0.2) is 29.0 Å². The Hall–Kier alpha value is -2.82. The van der Waals surface area contributed by atoms with E-state index in [4.69, 9.17) is 4.74 Å². The maximum atomic E-state index is 13.7. The van der Waals surface area contributed by atoms with Crippen molar-refractivity contribution in [3.8, 4) is 5.75 Å². The van der Waals surface area contributed by atoms with Gasteiger partial charge in [0, 0.05) is 6.54 Å². The second kappa shape index (κ2) is 7.40. The fraction of sp³-hybridized carbons (Fsp3) is 0.462. The smallest absolute Gasteiger partial charge is 0.316 e. The summed E-state index contributed by atoms with van der Waals surface area (Å²) in [4.78, 5) is 27.7. The molecule has 0 aromatic heterocycles. The molecule has 5 rings (SSSR count). The van der Waals surface area contributed by atoms with Crippen molar-refractivity contribution in [1.29, 1.82) is 0 Å². The molecule has 2 bridgehead atoms. The number of ether oxygens (including phenoxy) is 1. The average Bonchev–Trinajstić information content (AvgIpc) is 2.75. The molecule has 2 aliphatic carbocycles. The van der Waals surface area contributed by atoms with E-state index in [0.29, 0.717) is 24.8 Å². The molecular formula is C26H29NO4. The van der Waals surface area contributed by atoms with Gasteiger partial charge in [0.05, 0.1) is 12.6 Å². The summed E-state index contributed by atoms with van der Waals surface area (Å²) in [5.41, 5.74) is 3.01. The van der Waals surface area contributed by atoms with Crippen LogP contribution in [0.15, 0.2) is 48.5 Å². The number of carboxylic acid groups (broad SMARTS) is 1.